The monoisotopic (exact) mass is 376 g/mol. The summed E-state index contributed by atoms with van der Waals surface area (Å²) >= 11 is 0. The van der Waals surface area contributed by atoms with E-state index in [1.165, 1.54) is 4.90 Å². The van der Waals surface area contributed by atoms with Gasteiger partial charge in [0.25, 0.3) is 0 Å². The van der Waals surface area contributed by atoms with Crippen molar-refractivity contribution in [3.8, 4) is 0 Å². The zero-order valence-corrected chi connectivity index (χ0v) is 15.2. The van der Waals surface area contributed by atoms with Crippen LogP contribution in [0.5, 0.6) is 0 Å². The molecule has 3 saturated heterocycles. The molecule has 0 aliphatic carbocycles. The maximum absolute atomic E-state index is 12.4. The average Bonchev–Trinajstić information content (AvgIpc) is 3.13. The molecule has 0 N–H and O–H groups in total. The van der Waals surface area contributed by atoms with Crippen molar-refractivity contribution in [2.45, 2.75) is 0 Å². The van der Waals surface area contributed by atoms with Gasteiger partial charge in [0.15, 0.2) is 5.82 Å². The van der Waals surface area contributed by atoms with Crippen molar-refractivity contribution in [2.24, 2.45) is 0 Å². The summed E-state index contributed by atoms with van der Waals surface area (Å²) in [6.45, 7) is 6.67. The normalized spacial score (nSPS) is 20.8. The summed E-state index contributed by atoms with van der Waals surface area (Å²) in [6.07, 6.45) is 1.38. The van der Waals surface area contributed by atoms with Gasteiger partial charge in [-0.05, 0) is 0 Å². The molecule has 0 saturated carbocycles. The van der Waals surface area contributed by atoms with E-state index in [9.17, 15) is 9.59 Å². The minimum Gasteiger partial charge on any atom is -0.448 e. The van der Waals surface area contributed by atoms with Gasteiger partial charge in [-0.25, -0.2) is 4.79 Å². The van der Waals surface area contributed by atoms with E-state index in [1.807, 2.05) is 0 Å². The fraction of sp³-hybridized carbons (Fsp3) is 0.647. The van der Waals surface area contributed by atoms with E-state index < -0.39 is 6.09 Å². The number of anilines is 2. The number of piperazine rings is 1. The van der Waals surface area contributed by atoms with Crippen LogP contribution in [0.1, 0.15) is 0 Å². The lowest BCUT2D eigenvalue weighted by molar-refractivity contribution is -0.132. The summed E-state index contributed by atoms with van der Waals surface area (Å²) < 4.78 is 10.3. The van der Waals surface area contributed by atoms with Gasteiger partial charge in [-0.1, -0.05) is 0 Å². The molecule has 0 unspecified atom stereocenters. The Morgan fingerprint density at radius 3 is 2.48 bits per heavy atom. The fourth-order valence-electron chi connectivity index (χ4n) is 3.51. The lowest BCUT2D eigenvalue weighted by atomic mass is 10.2. The van der Waals surface area contributed by atoms with Crippen LogP contribution < -0.4 is 9.80 Å². The smallest absolute Gasteiger partial charge is 0.410 e. The van der Waals surface area contributed by atoms with Crippen molar-refractivity contribution >= 4 is 23.5 Å². The van der Waals surface area contributed by atoms with Gasteiger partial charge in [-0.2, -0.15) is 5.10 Å². The SMILES string of the molecule is O=C(CN1CCOC1=O)N1CCN(c2cc(N3CCOCC3)cnn2)CC1. The fourth-order valence-corrected chi connectivity index (χ4v) is 3.51. The highest BCUT2D eigenvalue weighted by Crippen LogP contribution is 2.21. The number of amides is 2. The average molecular weight is 376 g/mol. The zero-order valence-electron chi connectivity index (χ0n) is 15.2. The third-order valence-electron chi connectivity index (χ3n) is 5.13. The van der Waals surface area contributed by atoms with Crippen LogP contribution in [0, 0.1) is 0 Å². The minimum absolute atomic E-state index is 0.0401. The maximum Gasteiger partial charge on any atom is 0.410 e. The lowest BCUT2D eigenvalue weighted by Crippen LogP contribution is -2.51. The second-order valence-electron chi connectivity index (χ2n) is 6.78. The van der Waals surface area contributed by atoms with E-state index in [-0.39, 0.29) is 12.5 Å². The summed E-state index contributed by atoms with van der Waals surface area (Å²) in [5, 5.41) is 8.42. The number of cyclic esters (lactones) is 1. The van der Waals surface area contributed by atoms with Crippen LogP contribution in [0.15, 0.2) is 12.3 Å². The molecule has 4 heterocycles. The third-order valence-corrected chi connectivity index (χ3v) is 5.13. The number of ether oxygens (including phenoxy) is 2. The minimum atomic E-state index is -0.405. The van der Waals surface area contributed by atoms with Crippen LogP contribution in [0.3, 0.4) is 0 Å². The molecule has 3 aliphatic rings. The highest BCUT2D eigenvalue weighted by atomic mass is 16.6. The van der Waals surface area contributed by atoms with Gasteiger partial charge >= 0.3 is 6.09 Å². The molecule has 0 bridgehead atoms. The van der Waals surface area contributed by atoms with Crippen LogP contribution in [0.2, 0.25) is 0 Å². The Balaban J connectivity index is 1.32. The molecule has 1 aromatic rings. The number of carbonyl (C=O) groups is 2. The first-order valence-corrected chi connectivity index (χ1v) is 9.30. The molecular weight excluding hydrogens is 352 g/mol. The van der Waals surface area contributed by atoms with E-state index in [4.69, 9.17) is 9.47 Å². The van der Waals surface area contributed by atoms with Crippen molar-refractivity contribution < 1.29 is 19.1 Å². The zero-order chi connectivity index (χ0) is 18.6. The first kappa shape index (κ1) is 17.8. The summed E-state index contributed by atoms with van der Waals surface area (Å²) in [5.74, 6) is 0.788. The number of hydrogen-bond donors (Lipinski definition) is 0. The first-order valence-electron chi connectivity index (χ1n) is 9.30. The number of morpholine rings is 1. The molecule has 2 amide bonds. The van der Waals surface area contributed by atoms with Crippen LogP contribution in [0.25, 0.3) is 0 Å². The van der Waals surface area contributed by atoms with E-state index >= 15 is 0 Å². The van der Waals surface area contributed by atoms with E-state index in [2.05, 4.69) is 26.1 Å². The van der Waals surface area contributed by atoms with Crippen LogP contribution in [0.4, 0.5) is 16.3 Å². The molecule has 10 nitrogen and oxygen atoms in total. The van der Waals surface area contributed by atoms with E-state index in [1.54, 1.807) is 11.1 Å². The second kappa shape index (κ2) is 7.95. The van der Waals surface area contributed by atoms with Crippen LogP contribution in [-0.2, 0) is 14.3 Å². The van der Waals surface area contributed by atoms with Gasteiger partial charge in [0.05, 0.1) is 31.6 Å². The standard InChI is InChI=1S/C17H24N6O4/c24-16(13-23-7-10-27-17(23)25)22-3-1-21(2-4-22)15-11-14(12-18-19-15)20-5-8-26-9-6-20/h11-12H,1-10,13H2. The predicted octanol–water partition coefficient (Wildman–Crippen LogP) is -0.586. The van der Waals surface area contributed by atoms with Crippen molar-refractivity contribution in [1.29, 1.82) is 0 Å². The maximum atomic E-state index is 12.4. The molecule has 27 heavy (non-hydrogen) atoms. The van der Waals surface area contributed by atoms with Gasteiger partial charge in [0.1, 0.15) is 13.2 Å². The lowest BCUT2D eigenvalue weighted by Gasteiger charge is -2.36. The summed E-state index contributed by atoms with van der Waals surface area (Å²) in [4.78, 5) is 31.5. The highest BCUT2D eigenvalue weighted by molar-refractivity contribution is 5.83. The van der Waals surface area contributed by atoms with Crippen LogP contribution in [-0.4, -0.2) is 104 Å². The number of carbonyl (C=O) groups excluding carboxylic acids is 2. The van der Waals surface area contributed by atoms with Gasteiger partial charge in [-0.15, -0.1) is 5.10 Å². The Hall–Kier alpha value is -2.62. The Labute approximate surface area is 157 Å². The Morgan fingerprint density at radius 2 is 1.78 bits per heavy atom. The predicted molar refractivity (Wildman–Crippen MR) is 96.8 cm³/mol. The van der Waals surface area contributed by atoms with Gasteiger partial charge < -0.3 is 24.2 Å². The summed E-state index contributed by atoms with van der Waals surface area (Å²) in [5.41, 5.74) is 1.05. The van der Waals surface area contributed by atoms with E-state index in [0.717, 1.165) is 37.8 Å². The molecular formula is C17H24N6O4. The molecule has 4 rings (SSSR count). The Kier molecular flexibility index (Phi) is 5.23. The molecule has 0 spiro atoms. The van der Waals surface area contributed by atoms with Gasteiger partial charge in [0, 0.05) is 45.3 Å². The molecule has 146 valence electrons. The third kappa shape index (κ3) is 4.05. The highest BCUT2D eigenvalue weighted by Gasteiger charge is 2.28. The number of aromatic nitrogens is 2. The quantitative estimate of drug-likeness (QED) is 0.689. The molecule has 0 aromatic carbocycles. The van der Waals surface area contributed by atoms with Crippen LogP contribution >= 0.6 is 0 Å². The molecule has 0 radical (unpaired) electrons. The van der Waals surface area contributed by atoms with Crippen molar-refractivity contribution in [3.05, 3.63) is 12.3 Å². The summed E-state index contributed by atoms with van der Waals surface area (Å²) in [6, 6.07) is 2.05. The topological polar surface area (TPSA) is 91.3 Å². The Bertz CT molecular complexity index is 688. The van der Waals surface area contributed by atoms with E-state index in [0.29, 0.717) is 39.3 Å². The summed E-state index contributed by atoms with van der Waals surface area (Å²) in [7, 11) is 0. The number of nitrogens with zero attached hydrogens (tertiary/aromatic N) is 6. The molecule has 0 atom stereocenters. The van der Waals surface area contributed by atoms with Crippen molar-refractivity contribution in [2.75, 3.05) is 82.0 Å². The number of hydrogen-bond acceptors (Lipinski definition) is 8. The Morgan fingerprint density at radius 1 is 1.00 bits per heavy atom. The second-order valence-corrected chi connectivity index (χ2v) is 6.78. The van der Waals surface area contributed by atoms with Gasteiger partial charge in [-0.3, -0.25) is 9.69 Å². The molecule has 10 heteroatoms. The molecule has 1 aromatic heterocycles. The molecule has 3 fully saturated rings. The van der Waals surface area contributed by atoms with Gasteiger partial charge in [0.2, 0.25) is 5.91 Å². The van der Waals surface area contributed by atoms with Crippen molar-refractivity contribution in [3.63, 3.8) is 0 Å². The van der Waals surface area contributed by atoms with Crippen molar-refractivity contribution in [1.82, 2.24) is 20.0 Å². The largest absolute Gasteiger partial charge is 0.448 e. The molecule has 3 aliphatic heterocycles. The number of rotatable bonds is 4. The first-order chi connectivity index (χ1) is 13.2.